The van der Waals surface area contributed by atoms with Crippen molar-refractivity contribution in [3.8, 4) is 0 Å². The van der Waals surface area contributed by atoms with Crippen molar-refractivity contribution in [2.45, 2.75) is 31.1 Å². The van der Waals surface area contributed by atoms with Gasteiger partial charge in [-0.05, 0) is 19.8 Å². The molecular weight excluding hydrogens is 264 g/mol. The van der Waals surface area contributed by atoms with Crippen molar-refractivity contribution < 1.29 is 13.2 Å². The van der Waals surface area contributed by atoms with Gasteiger partial charge in [-0.15, -0.1) is 12.4 Å². The molecule has 2 fully saturated rings. The van der Waals surface area contributed by atoms with Crippen molar-refractivity contribution in [2.24, 2.45) is 0 Å². The minimum Gasteiger partial charge on any atom is -0.380 e. The molecule has 2 saturated heterocycles. The molecule has 2 heterocycles. The highest BCUT2D eigenvalue weighted by Gasteiger charge is 2.36. The minimum atomic E-state index is -3.17. The summed E-state index contributed by atoms with van der Waals surface area (Å²) < 4.78 is 31.7. The zero-order chi connectivity index (χ0) is 11.6. The van der Waals surface area contributed by atoms with E-state index in [1.54, 1.807) is 4.31 Å². The van der Waals surface area contributed by atoms with Crippen molar-refractivity contribution >= 4 is 22.4 Å². The fourth-order valence-electron chi connectivity index (χ4n) is 2.34. The smallest absolute Gasteiger partial charge is 0.219 e. The first kappa shape index (κ1) is 15.2. The number of hydrogen-bond donors (Lipinski definition) is 1. The second-order valence-electron chi connectivity index (χ2n) is 4.55. The van der Waals surface area contributed by atoms with E-state index in [9.17, 15) is 8.42 Å². The Labute approximate surface area is 109 Å². The lowest BCUT2D eigenvalue weighted by Gasteiger charge is -2.36. The normalized spacial score (nSPS) is 31.8. The number of rotatable bonds is 2. The number of ether oxygens (including phenoxy) is 1. The van der Waals surface area contributed by atoms with Crippen LogP contribution in [0.2, 0.25) is 0 Å². The Balaban J connectivity index is 0.00000144. The first-order valence-electron chi connectivity index (χ1n) is 5.91. The molecule has 0 aromatic carbocycles. The van der Waals surface area contributed by atoms with Gasteiger partial charge in [-0.2, -0.15) is 4.31 Å². The van der Waals surface area contributed by atoms with Gasteiger partial charge in [0.2, 0.25) is 10.0 Å². The summed E-state index contributed by atoms with van der Waals surface area (Å²) in [5.41, 5.74) is 0. The van der Waals surface area contributed by atoms with Crippen LogP contribution in [0, 0.1) is 0 Å². The van der Waals surface area contributed by atoms with E-state index in [0.29, 0.717) is 19.8 Å². The van der Waals surface area contributed by atoms with Crippen molar-refractivity contribution in [2.75, 3.05) is 32.8 Å². The molecule has 0 bridgehead atoms. The summed E-state index contributed by atoms with van der Waals surface area (Å²) in [5, 5.41) is 2.87. The SMILES string of the molecule is C[C@@H]1CNCCN1S(=O)(=O)C1CCCOC1.Cl. The zero-order valence-corrected chi connectivity index (χ0v) is 11.7. The summed E-state index contributed by atoms with van der Waals surface area (Å²) in [6.07, 6.45) is 1.59. The third kappa shape index (κ3) is 3.32. The van der Waals surface area contributed by atoms with Crippen LogP contribution >= 0.6 is 12.4 Å². The summed E-state index contributed by atoms with van der Waals surface area (Å²) in [5.74, 6) is 0. The predicted molar refractivity (Wildman–Crippen MR) is 69.0 cm³/mol. The quantitative estimate of drug-likeness (QED) is 0.788. The van der Waals surface area contributed by atoms with Crippen molar-refractivity contribution in [3.05, 3.63) is 0 Å². The second kappa shape index (κ2) is 6.33. The van der Waals surface area contributed by atoms with Crippen LogP contribution in [0.15, 0.2) is 0 Å². The number of piperazine rings is 1. The maximum absolute atomic E-state index is 12.4. The molecule has 0 spiro atoms. The molecule has 1 N–H and O–H groups in total. The number of nitrogens with zero attached hydrogens (tertiary/aromatic N) is 1. The van der Waals surface area contributed by atoms with E-state index in [1.165, 1.54) is 0 Å². The predicted octanol–water partition coefficient (Wildman–Crippen LogP) is 0.211. The van der Waals surface area contributed by atoms with E-state index in [-0.39, 0.29) is 23.7 Å². The topological polar surface area (TPSA) is 58.6 Å². The van der Waals surface area contributed by atoms with Gasteiger partial charge in [-0.3, -0.25) is 0 Å². The molecule has 2 aliphatic rings. The zero-order valence-electron chi connectivity index (χ0n) is 10.1. The molecule has 0 saturated carbocycles. The third-order valence-corrected chi connectivity index (χ3v) is 5.72. The van der Waals surface area contributed by atoms with E-state index in [4.69, 9.17) is 4.74 Å². The molecule has 0 radical (unpaired) electrons. The van der Waals surface area contributed by atoms with Crippen molar-refractivity contribution in [1.29, 1.82) is 0 Å². The summed E-state index contributed by atoms with van der Waals surface area (Å²) in [6, 6.07) is 0.0562. The van der Waals surface area contributed by atoms with Gasteiger partial charge >= 0.3 is 0 Å². The molecule has 1 unspecified atom stereocenters. The van der Waals surface area contributed by atoms with Gasteiger partial charge in [0, 0.05) is 32.3 Å². The molecule has 2 aliphatic heterocycles. The summed E-state index contributed by atoms with van der Waals surface area (Å²) in [4.78, 5) is 0. The molecule has 2 atom stereocenters. The van der Waals surface area contributed by atoms with E-state index in [1.807, 2.05) is 6.92 Å². The first-order chi connectivity index (χ1) is 7.62. The van der Waals surface area contributed by atoms with Crippen LogP contribution in [0.25, 0.3) is 0 Å². The van der Waals surface area contributed by atoms with E-state index in [0.717, 1.165) is 25.9 Å². The van der Waals surface area contributed by atoms with Crippen LogP contribution in [0.4, 0.5) is 0 Å². The monoisotopic (exact) mass is 284 g/mol. The van der Waals surface area contributed by atoms with E-state index in [2.05, 4.69) is 5.32 Å². The lowest BCUT2D eigenvalue weighted by atomic mass is 10.2. The largest absolute Gasteiger partial charge is 0.380 e. The summed E-state index contributed by atoms with van der Waals surface area (Å²) >= 11 is 0. The average molecular weight is 285 g/mol. The minimum absolute atomic E-state index is 0. The highest BCUT2D eigenvalue weighted by molar-refractivity contribution is 7.89. The van der Waals surface area contributed by atoms with E-state index >= 15 is 0 Å². The average Bonchev–Trinajstić information content (AvgIpc) is 2.30. The van der Waals surface area contributed by atoms with Crippen LogP contribution in [-0.4, -0.2) is 56.9 Å². The number of sulfonamides is 1. The molecule has 0 aromatic rings. The van der Waals surface area contributed by atoms with E-state index < -0.39 is 10.0 Å². The lowest BCUT2D eigenvalue weighted by Crippen LogP contribution is -2.55. The number of nitrogens with one attached hydrogen (secondary N) is 1. The van der Waals surface area contributed by atoms with Gasteiger partial charge in [-0.25, -0.2) is 8.42 Å². The maximum Gasteiger partial charge on any atom is 0.219 e. The molecule has 17 heavy (non-hydrogen) atoms. The van der Waals surface area contributed by atoms with Gasteiger partial charge in [0.15, 0.2) is 0 Å². The number of halogens is 1. The molecule has 0 amide bonds. The van der Waals surface area contributed by atoms with Gasteiger partial charge in [0.05, 0.1) is 11.9 Å². The Morgan fingerprint density at radius 3 is 2.76 bits per heavy atom. The van der Waals surface area contributed by atoms with Gasteiger partial charge in [0.1, 0.15) is 0 Å². The Morgan fingerprint density at radius 2 is 2.18 bits per heavy atom. The maximum atomic E-state index is 12.4. The van der Waals surface area contributed by atoms with Crippen LogP contribution in [0.5, 0.6) is 0 Å². The van der Waals surface area contributed by atoms with Crippen molar-refractivity contribution in [3.63, 3.8) is 0 Å². The van der Waals surface area contributed by atoms with Crippen LogP contribution in [-0.2, 0) is 14.8 Å². The lowest BCUT2D eigenvalue weighted by molar-refractivity contribution is 0.0965. The molecule has 0 aliphatic carbocycles. The molecule has 5 nitrogen and oxygen atoms in total. The van der Waals surface area contributed by atoms with Crippen LogP contribution in [0.3, 0.4) is 0 Å². The Morgan fingerprint density at radius 1 is 1.41 bits per heavy atom. The van der Waals surface area contributed by atoms with Crippen LogP contribution < -0.4 is 5.32 Å². The summed E-state index contributed by atoms with van der Waals surface area (Å²) in [6.45, 7) is 5.08. The van der Waals surface area contributed by atoms with Gasteiger partial charge in [0.25, 0.3) is 0 Å². The van der Waals surface area contributed by atoms with Crippen LogP contribution in [0.1, 0.15) is 19.8 Å². The summed E-state index contributed by atoms with van der Waals surface area (Å²) in [7, 11) is -3.17. The highest BCUT2D eigenvalue weighted by Crippen LogP contribution is 2.21. The Kier molecular flexibility index (Phi) is 5.66. The molecule has 7 heteroatoms. The fourth-order valence-corrected chi connectivity index (χ4v) is 4.38. The Hall–Kier alpha value is 0.120. The molecular formula is C10H21ClN2O3S. The fraction of sp³-hybridized carbons (Fsp3) is 1.00. The molecule has 102 valence electrons. The standard InChI is InChI=1S/C10H20N2O3S.ClH/c1-9-7-11-4-5-12(9)16(13,14)10-3-2-6-15-8-10;/h9-11H,2-8H2,1H3;1H/t9-,10?;/m1./s1. The molecule has 2 rings (SSSR count). The highest BCUT2D eigenvalue weighted by atomic mass is 35.5. The van der Waals surface area contributed by atoms with Gasteiger partial charge in [-0.1, -0.05) is 0 Å². The van der Waals surface area contributed by atoms with Crippen molar-refractivity contribution in [1.82, 2.24) is 9.62 Å². The van der Waals surface area contributed by atoms with Gasteiger partial charge < -0.3 is 10.1 Å². The third-order valence-electron chi connectivity index (χ3n) is 3.31. The second-order valence-corrected chi connectivity index (χ2v) is 6.71. The Bertz CT molecular complexity index is 330. The molecule has 0 aromatic heterocycles. The first-order valence-corrected chi connectivity index (χ1v) is 7.42. The number of hydrogen-bond acceptors (Lipinski definition) is 4.